The van der Waals surface area contributed by atoms with Crippen molar-refractivity contribution in [3.8, 4) is 11.8 Å². The Hall–Kier alpha value is -3.91. The summed E-state index contributed by atoms with van der Waals surface area (Å²) in [5, 5.41) is 2.95. The molecule has 0 spiro atoms. The number of anilines is 1. The first-order valence-corrected chi connectivity index (χ1v) is 11.3. The number of piperidine rings is 1. The second kappa shape index (κ2) is 10.6. The molecule has 0 radical (unpaired) electrons. The minimum absolute atomic E-state index is 0.0202. The van der Waals surface area contributed by atoms with E-state index in [1.54, 1.807) is 6.20 Å². The van der Waals surface area contributed by atoms with Gasteiger partial charge in [0, 0.05) is 42.5 Å². The van der Waals surface area contributed by atoms with Gasteiger partial charge in [-0.15, -0.1) is 0 Å². The molecule has 1 aromatic heterocycles. The van der Waals surface area contributed by atoms with E-state index in [2.05, 4.69) is 22.1 Å². The van der Waals surface area contributed by atoms with Gasteiger partial charge in [-0.3, -0.25) is 9.59 Å². The van der Waals surface area contributed by atoms with Gasteiger partial charge in [0.2, 0.25) is 5.91 Å². The molecule has 3 aromatic rings. The molecule has 0 unspecified atom stereocenters. The van der Waals surface area contributed by atoms with E-state index in [0.29, 0.717) is 30.8 Å². The molecule has 1 fully saturated rings. The highest BCUT2D eigenvalue weighted by molar-refractivity contribution is 5.95. The van der Waals surface area contributed by atoms with Crippen LogP contribution < -0.4 is 5.32 Å². The normalized spacial score (nSPS) is 13.7. The maximum atomic E-state index is 13.1. The van der Waals surface area contributed by atoms with E-state index in [4.69, 9.17) is 0 Å². The van der Waals surface area contributed by atoms with Crippen LogP contribution in [0.1, 0.15) is 46.4 Å². The van der Waals surface area contributed by atoms with Crippen molar-refractivity contribution in [2.24, 2.45) is 5.92 Å². The van der Waals surface area contributed by atoms with Crippen LogP contribution in [0.25, 0.3) is 0 Å². The summed E-state index contributed by atoms with van der Waals surface area (Å²) >= 11 is 0. The molecule has 2 aromatic carbocycles. The van der Waals surface area contributed by atoms with Gasteiger partial charge in [0.25, 0.3) is 5.91 Å². The summed E-state index contributed by atoms with van der Waals surface area (Å²) in [6.45, 7) is 3.29. The molecule has 0 bridgehead atoms. The van der Waals surface area contributed by atoms with Crippen molar-refractivity contribution in [1.29, 1.82) is 0 Å². The number of nitrogens with one attached hydrogen (secondary N) is 1. The summed E-state index contributed by atoms with van der Waals surface area (Å²) in [6, 6.07) is 20.9. The van der Waals surface area contributed by atoms with E-state index >= 15 is 0 Å². The molecule has 166 valence electrons. The molecule has 1 aliphatic rings. The van der Waals surface area contributed by atoms with Crippen LogP contribution in [0.2, 0.25) is 0 Å². The Bertz CT molecular complexity index is 1170. The third-order valence-electron chi connectivity index (χ3n) is 5.76. The number of nitrogens with zero attached hydrogens (tertiary/aromatic N) is 2. The van der Waals surface area contributed by atoms with E-state index in [1.807, 2.05) is 78.6 Å². The molecule has 33 heavy (non-hydrogen) atoms. The Morgan fingerprint density at radius 3 is 2.48 bits per heavy atom. The summed E-state index contributed by atoms with van der Waals surface area (Å²) in [5.74, 6) is 6.51. The molecule has 1 aliphatic heterocycles. The molecule has 4 rings (SSSR count). The van der Waals surface area contributed by atoms with Gasteiger partial charge >= 0.3 is 0 Å². The van der Waals surface area contributed by atoms with Crippen LogP contribution in [0.15, 0.2) is 72.9 Å². The van der Waals surface area contributed by atoms with Crippen LogP contribution in [0.3, 0.4) is 0 Å². The van der Waals surface area contributed by atoms with Gasteiger partial charge < -0.3 is 10.2 Å². The first kappa shape index (κ1) is 22.3. The van der Waals surface area contributed by atoms with Crippen LogP contribution in [0, 0.1) is 24.7 Å². The molecule has 2 heterocycles. The van der Waals surface area contributed by atoms with Gasteiger partial charge in [0.1, 0.15) is 5.69 Å². The van der Waals surface area contributed by atoms with Crippen LogP contribution in [0.4, 0.5) is 5.69 Å². The highest BCUT2D eigenvalue weighted by Crippen LogP contribution is 2.23. The molecule has 0 saturated carbocycles. The van der Waals surface area contributed by atoms with Crippen molar-refractivity contribution in [1.82, 2.24) is 9.88 Å². The van der Waals surface area contributed by atoms with Crippen molar-refractivity contribution in [2.45, 2.75) is 26.2 Å². The van der Waals surface area contributed by atoms with Crippen LogP contribution >= 0.6 is 0 Å². The number of pyridine rings is 1. The van der Waals surface area contributed by atoms with Gasteiger partial charge in [0.05, 0.1) is 0 Å². The maximum absolute atomic E-state index is 13.1. The third kappa shape index (κ3) is 6.30. The van der Waals surface area contributed by atoms with Crippen LogP contribution in [-0.4, -0.2) is 34.8 Å². The van der Waals surface area contributed by atoms with Crippen molar-refractivity contribution in [3.63, 3.8) is 0 Å². The quantitative estimate of drug-likeness (QED) is 0.604. The highest BCUT2D eigenvalue weighted by atomic mass is 16.2. The highest BCUT2D eigenvalue weighted by Gasteiger charge is 2.25. The zero-order valence-corrected chi connectivity index (χ0v) is 18.8. The van der Waals surface area contributed by atoms with E-state index in [-0.39, 0.29) is 17.7 Å². The van der Waals surface area contributed by atoms with Crippen LogP contribution in [-0.2, 0) is 4.79 Å². The Morgan fingerprint density at radius 1 is 1.00 bits per heavy atom. The van der Waals surface area contributed by atoms with Gasteiger partial charge in [-0.05, 0) is 79.6 Å². The van der Waals surface area contributed by atoms with E-state index in [9.17, 15) is 9.59 Å². The Kier molecular flexibility index (Phi) is 7.16. The van der Waals surface area contributed by atoms with Crippen molar-refractivity contribution in [2.75, 3.05) is 18.4 Å². The molecule has 0 aliphatic carbocycles. The summed E-state index contributed by atoms with van der Waals surface area (Å²) in [5.41, 5.74) is 3.97. The molecule has 5 heteroatoms. The zero-order valence-electron chi connectivity index (χ0n) is 18.8. The first-order valence-electron chi connectivity index (χ1n) is 11.3. The molecule has 1 saturated heterocycles. The number of likely N-dealkylation sites (tertiary alicyclic amines) is 1. The predicted octanol–water partition coefficient (Wildman–Crippen LogP) is 4.67. The van der Waals surface area contributed by atoms with Crippen molar-refractivity contribution < 1.29 is 9.59 Å². The van der Waals surface area contributed by atoms with Gasteiger partial charge in [-0.25, -0.2) is 4.98 Å². The minimum Gasteiger partial charge on any atom is -0.339 e. The summed E-state index contributed by atoms with van der Waals surface area (Å²) in [4.78, 5) is 31.6. The first-order chi connectivity index (χ1) is 16.1. The number of carbonyl (C=O) groups excluding carboxylic acids is 2. The fourth-order valence-electron chi connectivity index (χ4n) is 4.07. The van der Waals surface area contributed by atoms with Crippen molar-refractivity contribution in [3.05, 3.63) is 95.3 Å². The lowest BCUT2D eigenvalue weighted by atomic mass is 9.92. The number of carbonyl (C=O) groups is 2. The largest absolute Gasteiger partial charge is 0.339 e. The Balaban J connectivity index is 1.34. The number of rotatable bonds is 4. The predicted molar refractivity (Wildman–Crippen MR) is 130 cm³/mol. The molecule has 1 N–H and O–H groups in total. The fraction of sp³-hybridized carbons (Fsp3) is 0.250. The average Bonchev–Trinajstić information content (AvgIpc) is 2.84. The van der Waals surface area contributed by atoms with Crippen LogP contribution in [0.5, 0.6) is 0 Å². The molecule has 2 amide bonds. The monoisotopic (exact) mass is 437 g/mol. The number of benzene rings is 2. The maximum Gasteiger partial charge on any atom is 0.253 e. The summed E-state index contributed by atoms with van der Waals surface area (Å²) in [6.07, 6.45) is 3.84. The topological polar surface area (TPSA) is 62.3 Å². The molecular formula is C28H27N3O2. The van der Waals surface area contributed by atoms with Gasteiger partial charge in [0.15, 0.2) is 0 Å². The number of aromatic nitrogens is 1. The molecular weight excluding hydrogens is 410 g/mol. The zero-order chi connectivity index (χ0) is 23.0. The fourth-order valence-corrected chi connectivity index (χ4v) is 4.07. The van der Waals surface area contributed by atoms with E-state index in [1.165, 1.54) is 0 Å². The molecule has 0 atom stereocenters. The minimum atomic E-state index is 0.0202. The number of aryl methyl sites for hydroxylation is 1. The Labute approximate surface area is 194 Å². The summed E-state index contributed by atoms with van der Waals surface area (Å²) in [7, 11) is 0. The number of amides is 2. The number of hydrogen-bond donors (Lipinski definition) is 1. The van der Waals surface area contributed by atoms with Gasteiger partial charge in [-0.1, -0.05) is 30.2 Å². The molecule has 5 nitrogen and oxygen atoms in total. The standard InChI is InChI=1S/C28H27N3O2/c1-21-17-23(10-11-25-7-5-6-14-29-25)19-24(18-21)28(33)31-15-12-22(13-16-31)20-27(32)30-26-8-3-2-4-9-26/h2-9,14,17-19,22H,12-13,15-16,20H2,1H3,(H,30,32). The lowest BCUT2D eigenvalue weighted by Crippen LogP contribution is -2.39. The summed E-state index contributed by atoms with van der Waals surface area (Å²) < 4.78 is 0. The second-order valence-electron chi connectivity index (χ2n) is 8.41. The number of para-hydroxylation sites is 1. The van der Waals surface area contributed by atoms with Gasteiger partial charge in [-0.2, -0.15) is 0 Å². The number of hydrogen-bond acceptors (Lipinski definition) is 3. The smallest absolute Gasteiger partial charge is 0.253 e. The lowest BCUT2D eigenvalue weighted by molar-refractivity contribution is -0.117. The second-order valence-corrected chi connectivity index (χ2v) is 8.41. The van der Waals surface area contributed by atoms with E-state index in [0.717, 1.165) is 29.7 Å². The third-order valence-corrected chi connectivity index (χ3v) is 5.76. The SMILES string of the molecule is Cc1cc(C#Cc2ccccn2)cc(C(=O)N2CCC(CC(=O)Nc3ccccc3)CC2)c1. The average molecular weight is 438 g/mol. The van der Waals surface area contributed by atoms with Crippen molar-refractivity contribution >= 4 is 17.5 Å². The Morgan fingerprint density at radius 2 is 1.76 bits per heavy atom. The van der Waals surface area contributed by atoms with E-state index < -0.39 is 0 Å². The lowest BCUT2D eigenvalue weighted by Gasteiger charge is -2.32.